The Bertz CT molecular complexity index is 748. The number of aromatic nitrogens is 2. The number of halogens is 3. The number of H-pyrrole nitrogens is 1. The molecule has 2 rings (SSSR count). The lowest BCUT2D eigenvalue weighted by Crippen LogP contribution is -2.16. The monoisotopic (exact) mass is 367 g/mol. The minimum atomic E-state index is -4.21. The summed E-state index contributed by atoms with van der Waals surface area (Å²) in [6.45, 7) is -0.566. The molecule has 0 fully saturated rings. The van der Waals surface area contributed by atoms with E-state index >= 15 is 0 Å². The third-order valence-corrected chi connectivity index (χ3v) is 4.36. The molecule has 0 amide bonds. The summed E-state index contributed by atoms with van der Waals surface area (Å²) < 4.78 is 52.6. The van der Waals surface area contributed by atoms with Crippen molar-refractivity contribution in [1.82, 2.24) is 10.2 Å². The van der Waals surface area contributed by atoms with Crippen LogP contribution in [0.15, 0.2) is 27.8 Å². The van der Waals surface area contributed by atoms with Crippen LogP contribution in [0.3, 0.4) is 0 Å². The van der Waals surface area contributed by atoms with Crippen LogP contribution in [0.25, 0.3) is 0 Å². The SMILES string of the molecule is O=S(=O)(Nc1cc(F)c(Br)cc1F)c1[nH]ncc1CO. The van der Waals surface area contributed by atoms with Gasteiger partial charge in [-0.25, -0.2) is 8.78 Å². The number of nitrogens with one attached hydrogen (secondary N) is 2. The van der Waals surface area contributed by atoms with Crippen molar-refractivity contribution in [3.05, 3.63) is 40.0 Å². The molecule has 0 bridgehead atoms. The van der Waals surface area contributed by atoms with Crippen molar-refractivity contribution in [2.75, 3.05) is 4.72 Å². The van der Waals surface area contributed by atoms with Crippen LogP contribution in [0.2, 0.25) is 0 Å². The van der Waals surface area contributed by atoms with E-state index in [0.717, 1.165) is 12.3 Å². The van der Waals surface area contributed by atoms with Crippen molar-refractivity contribution >= 4 is 31.6 Å². The van der Waals surface area contributed by atoms with E-state index < -0.39 is 39.0 Å². The Morgan fingerprint density at radius 2 is 2.05 bits per heavy atom. The van der Waals surface area contributed by atoms with Crippen LogP contribution in [0.5, 0.6) is 0 Å². The molecule has 0 radical (unpaired) electrons. The molecule has 0 atom stereocenters. The van der Waals surface area contributed by atoms with Gasteiger partial charge in [0.15, 0.2) is 5.03 Å². The van der Waals surface area contributed by atoms with Crippen molar-refractivity contribution in [2.45, 2.75) is 11.6 Å². The summed E-state index contributed by atoms with van der Waals surface area (Å²) in [6, 6.07) is 1.50. The van der Waals surface area contributed by atoms with E-state index in [1.807, 2.05) is 4.72 Å². The fourth-order valence-corrected chi connectivity index (χ4v) is 2.94. The maximum Gasteiger partial charge on any atom is 0.279 e. The fourth-order valence-electron chi connectivity index (χ4n) is 1.44. The zero-order valence-corrected chi connectivity index (χ0v) is 12.1. The number of aromatic amines is 1. The van der Waals surface area contributed by atoms with Crippen molar-refractivity contribution < 1.29 is 22.3 Å². The smallest absolute Gasteiger partial charge is 0.279 e. The lowest BCUT2D eigenvalue weighted by molar-refractivity contribution is 0.278. The number of sulfonamides is 1. The number of anilines is 1. The van der Waals surface area contributed by atoms with Gasteiger partial charge in [-0.3, -0.25) is 9.82 Å². The molecule has 2 aromatic rings. The number of nitrogens with zero attached hydrogens (tertiary/aromatic N) is 1. The third kappa shape index (κ3) is 2.81. The van der Waals surface area contributed by atoms with E-state index in [9.17, 15) is 17.2 Å². The van der Waals surface area contributed by atoms with Gasteiger partial charge >= 0.3 is 0 Å². The highest BCUT2D eigenvalue weighted by Gasteiger charge is 2.22. The zero-order valence-electron chi connectivity index (χ0n) is 9.69. The van der Waals surface area contributed by atoms with Crippen molar-refractivity contribution in [3.8, 4) is 0 Å². The molecule has 3 N–H and O–H groups in total. The van der Waals surface area contributed by atoms with Gasteiger partial charge in [0.05, 0.1) is 23.0 Å². The van der Waals surface area contributed by atoms with Crippen molar-refractivity contribution in [1.29, 1.82) is 0 Å². The standard InChI is InChI=1S/C10H8BrF2N3O3S/c11-6-1-8(13)9(2-7(6)12)16-20(18,19)10-5(4-17)3-14-15-10/h1-3,16-17H,4H2,(H,14,15). The van der Waals surface area contributed by atoms with Gasteiger partial charge in [0, 0.05) is 11.6 Å². The molecule has 0 saturated heterocycles. The highest BCUT2D eigenvalue weighted by atomic mass is 79.9. The first-order valence-corrected chi connectivity index (χ1v) is 7.43. The summed E-state index contributed by atoms with van der Waals surface area (Å²) in [7, 11) is -4.21. The number of rotatable bonds is 4. The van der Waals surface area contributed by atoms with E-state index in [2.05, 4.69) is 26.1 Å². The van der Waals surface area contributed by atoms with Crippen LogP contribution in [0.1, 0.15) is 5.56 Å². The number of aliphatic hydroxyl groups is 1. The van der Waals surface area contributed by atoms with Crippen LogP contribution >= 0.6 is 15.9 Å². The Balaban J connectivity index is 2.41. The quantitative estimate of drug-likeness (QED) is 0.717. The van der Waals surface area contributed by atoms with Crippen LogP contribution < -0.4 is 4.72 Å². The molecule has 0 spiro atoms. The van der Waals surface area contributed by atoms with E-state index in [-0.39, 0.29) is 10.0 Å². The van der Waals surface area contributed by atoms with Gasteiger partial charge in [0.2, 0.25) is 0 Å². The molecule has 108 valence electrons. The summed E-state index contributed by atoms with van der Waals surface area (Å²) >= 11 is 2.78. The molecule has 6 nitrogen and oxygen atoms in total. The molecule has 20 heavy (non-hydrogen) atoms. The molecular weight excluding hydrogens is 360 g/mol. The fraction of sp³-hybridized carbons (Fsp3) is 0.100. The molecule has 0 aliphatic heterocycles. The second kappa shape index (κ2) is 5.46. The molecule has 1 heterocycles. The Morgan fingerprint density at radius 3 is 2.70 bits per heavy atom. The van der Waals surface area contributed by atoms with Crippen LogP contribution in [0.4, 0.5) is 14.5 Å². The predicted octanol–water partition coefficient (Wildman–Crippen LogP) is 1.74. The first kappa shape index (κ1) is 14.9. The molecule has 1 aromatic heterocycles. The van der Waals surface area contributed by atoms with Gasteiger partial charge in [-0.05, 0) is 22.0 Å². The van der Waals surface area contributed by atoms with Crippen LogP contribution in [-0.4, -0.2) is 23.7 Å². The first-order valence-electron chi connectivity index (χ1n) is 5.15. The summed E-state index contributed by atoms with van der Waals surface area (Å²) in [4.78, 5) is 0. The van der Waals surface area contributed by atoms with E-state index in [0.29, 0.717) is 6.07 Å². The second-order valence-corrected chi connectivity index (χ2v) is 6.21. The van der Waals surface area contributed by atoms with Crippen molar-refractivity contribution in [2.24, 2.45) is 0 Å². The van der Waals surface area contributed by atoms with Gasteiger partial charge in [0.25, 0.3) is 10.0 Å². The van der Waals surface area contributed by atoms with Gasteiger partial charge in [-0.2, -0.15) is 13.5 Å². The molecule has 0 saturated carbocycles. The Hall–Kier alpha value is -1.52. The topological polar surface area (TPSA) is 95.1 Å². The first-order chi connectivity index (χ1) is 9.35. The molecular formula is C10H8BrF2N3O3S. The maximum atomic E-state index is 13.6. The Kier molecular flexibility index (Phi) is 4.06. The summed E-state index contributed by atoms with van der Waals surface area (Å²) in [5.41, 5.74) is -0.542. The Labute approximate surface area is 121 Å². The predicted molar refractivity (Wildman–Crippen MR) is 69.4 cm³/mol. The van der Waals surface area contributed by atoms with Gasteiger partial charge in [-0.1, -0.05) is 0 Å². The Morgan fingerprint density at radius 1 is 1.35 bits per heavy atom. The minimum Gasteiger partial charge on any atom is -0.392 e. The number of aliphatic hydroxyl groups excluding tert-OH is 1. The molecule has 1 aromatic carbocycles. The number of benzene rings is 1. The second-order valence-electron chi connectivity index (χ2n) is 3.73. The van der Waals surface area contributed by atoms with E-state index in [4.69, 9.17) is 5.11 Å². The lowest BCUT2D eigenvalue weighted by atomic mass is 10.3. The third-order valence-electron chi connectivity index (χ3n) is 2.37. The molecule has 10 heteroatoms. The summed E-state index contributed by atoms with van der Waals surface area (Å²) in [6.07, 6.45) is 1.12. The maximum absolute atomic E-state index is 13.6. The summed E-state index contributed by atoms with van der Waals surface area (Å²) in [5.74, 6) is -1.77. The summed E-state index contributed by atoms with van der Waals surface area (Å²) in [5, 5.41) is 14.2. The van der Waals surface area contributed by atoms with Gasteiger partial charge in [-0.15, -0.1) is 0 Å². The highest BCUT2D eigenvalue weighted by molar-refractivity contribution is 9.10. The number of hydrogen-bond donors (Lipinski definition) is 3. The number of hydrogen-bond acceptors (Lipinski definition) is 4. The zero-order chi connectivity index (χ0) is 14.9. The van der Waals surface area contributed by atoms with Crippen molar-refractivity contribution in [3.63, 3.8) is 0 Å². The average Bonchev–Trinajstić information content (AvgIpc) is 2.84. The highest BCUT2D eigenvalue weighted by Crippen LogP contribution is 2.25. The normalized spacial score (nSPS) is 11.6. The average molecular weight is 368 g/mol. The molecule has 0 aliphatic carbocycles. The van der Waals surface area contributed by atoms with Gasteiger partial charge < -0.3 is 5.11 Å². The lowest BCUT2D eigenvalue weighted by Gasteiger charge is -2.09. The minimum absolute atomic E-state index is 0.00971. The molecule has 0 aliphatic rings. The molecule has 0 unspecified atom stereocenters. The van der Waals surface area contributed by atoms with Gasteiger partial charge in [0.1, 0.15) is 11.6 Å². The van der Waals surface area contributed by atoms with E-state index in [1.165, 1.54) is 0 Å². The van der Waals surface area contributed by atoms with Crippen LogP contribution in [-0.2, 0) is 16.6 Å². The van der Waals surface area contributed by atoms with E-state index in [1.54, 1.807) is 0 Å². The largest absolute Gasteiger partial charge is 0.392 e. The van der Waals surface area contributed by atoms with Crippen LogP contribution in [0, 0.1) is 11.6 Å².